The summed E-state index contributed by atoms with van der Waals surface area (Å²) in [5.41, 5.74) is 2.52. The summed E-state index contributed by atoms with van der Waals surface area (Å²) in [7, 11) is 0. The average molecular weight is 367 g/mol. The van der Waals surface area contributed by atoms with Crippen molar-refractivity contribution in [2.75, 3.05) is 11.9 Å². The van der Waals surface area contributed by atoms with E-state index in [1.807, 2.05) is 56.3 Å². The fourth-order valence-corrected chi connectivity index (χ4v) is 3.71. The Labute approximate surface area is 156 Å². The van der Waals surface area contributed by atoms with Gasteiger partial charge in [0.2, 0.25) is 0 Å². The third kappa shape index (κ3) is 4.49. The molecular formula is C21H21NO3S. The predicted molar refractivity (Wildman–Crippen MR) is 106 cm³/mol. The molecule has 0 saturated carbocycles. The van der Waals surface area contributed by atoms with Crippen LogP contribution in [0.4, 0.5) is 5.69 Å². The number of thiophene rings is 1. The third-order valence-electron chi connectivity index (χ3n) is 4.02. The van der Waals surface area contributed by atoms with Gasteiger partial charge in [-0.1, -0.05) is 17.7 Å². The van der Waals surface area contributed by atoms with E-state index in [1.54, 1.807) is 11.3 Å². The molecule has 0 spiro atoms. The number of benzene rings is 2. The summed E-state index contributed by atoms with van der Waals surface area (Å²) in [4.78, 5) is 25.0. The molecule has 3 aromatic rings. The van der Waals surface area contributed by atoms with Crippen LogP contribution in [-0.4, -0.2) is 18.5 Å². The molecule has 1 N–H and O–H groups in total. The van der Waals surface area contributed by atoms with Gasteiger partial charge in [-0.15, -0.1) is 11.3 Å². The van der Waals surface area contributed by atoms with Crippen molar-refractivity contribution in [1.29, 1.82) is 0 Å². The summed E-state index contributed by atoms with van der Waals surface area (Å²) in [6, 6.07) is 15.4. The van der Waals surface area contributed by atoms with Gasteiger partial charge in [0.1, 0.15) is 0 Å². The highest BCUT2D eigenvalue weighted by molar-refractivity contribution is 7.19. The number of amides is 1. The van der Waals surface area contributed by atoms with E-state index in [4.69, 9.17) is 4.74 Å². The average Bonchev–Trinajstić information content (AvgIpc) is 3.03. The smallest absolute Gasteiger partial charge is 0.306 e. The van der Waals surface area contributed by atoms with Crippen molar-refractivity contribution in [3.8, 4) is 0 Å². The van der Waals surface area contributed by atoms with Crippen LogP contribution in [0.25, 0.3) is 10.1 Å². The Morgan fingerprint density at radius 2 is 1.85 bits per heavy atom. The Morgan fingerprint density at radius 3 is 2.58 bits per heavy atom. The van der Waals surface area contributed by atoms with Crippen LogP contribution < -0.4 is 5.32 Å². The molecule has 1 heterocycles. The first-order valence-corrected chi connectivity index (χ1v) is 9.43. The number of hydrogen-bond acceptors (Lipinski definition) is 4. The van der Waals surface area contributed by atoms with E-state index in [0.717, 1.165) is 26.2 Å². The first kappa shape index (κ1) is 18.1. The molecule has 0 radical (unpaired) electrons. The van der Waals surface area contributed by atoms with Gasteiger partial charge in [-0.3, -0.25) is 9.59 Å². The maximum absolute atomic E-state index is 12.3. The predicted octanol–water partition coefficient (Wildman–Crippen LogP) is 4.96. The second-order valence-electron chi connectivity index (χ2n) is 6.09. The largest absolute Gasteiger partial charge is 0.466 e. The molecule has 1 amide bonds. The molecule has 0 atom stereocenters. The highest BCUT2D eigenvalue weighted by Crippen LogP contribution is 2.29. The molecule has 5 heteroatoms. The van der Waals surface area contributed by atoms with Gasteiger partial charge in [0.05, 0.1) is 13.0 Å². The molecule has 26 heavy (non-hydrogen) atoms. The molecule has 3 rings (SSSR count). The number of nitrogens with one attached hydrogen (secondary N) is 1. The van der Waals surface area contributed by atoms with E-state index >= 15 is 0 Å². The van der Waals surface area contributed by atoms with Crippen LogP contribution in [0.3, 0.4) is 0 Å². The van der Waals surface area contributed by atoms with E-state index < -0.39 is 0 Å². The van der Waals surface area contributed by atoms with Gasteiger partial charge in [-0.2, -0.15) is 0 Å². The second-order valence-corrected chi connectivity index (χ2v) is 7.26. The Hall–Kier alpha value is -2.66. The van der Waals surface area contributed by atoms with Crippen LogP contribution in [-0.2, 0) is 16.0 Å². The lowest BCUT2D eigenvalue weighted by molar-refractivity contribution is -0.143. The topological polar surface area (TPSA) is 55.4 Å². The van der Waals surface area contributed by atoms with E-state index in [2.05, 4.69) is 11.4 Å². The molecule has 134 valence electrons. The van der Waals surface area contributed by atoms with Crippen molar-refractivity contribution in [2.45, 2.75) is 26.7 Å². The van der Waals surface area contributed by atoms with Crippen LogP contribution in [0.5, 0.6) is 0 Å². The zero-order valence-electron chi connectivity index (χ0n) is 14.9. The molecule has 0 aliphatic heterocycles. The van der Waals surface area contributed by atoms with Gasteiger partial charge >= 0.3 is 5.97 Å². The molecular weight excluding hydrogens is 346 g/mol. The number of hydrogen-bond donors (Lipinski definition) is 1. The maximum Gasteiger partial charge on any atom is 0.306 e. The van der Waals surface area contributed by atoms with Gasteiger partial charge in [0, 0.05) is 20.8 Å². The van der Waals surface area contributed by atoms with Crippen LogP contribution in [0.1, 0.15) is 34.1 Å². The fraction of sp³-hybridized carbons (Fsp3) is 0.238. The number of carbonyl (C=O) groups is 2. The van der Waals surface area contributed by atoms with Crippen molar-refractivity contribution in [3.05, 3.63) is 64.5 Å². The highest BCUT2D eigenvalue weighted by Gasteiger charge is 2.09. The molecule has 4 nitrogen and oxygen atoms in total. The number of esters is 1. The van der Waals surface area contributed by atoms with E-state index in [0.29, 0.717) is 25.0 Å². The first-order chi connectivity index (χ1) is 12.5. The zero-order valence-corrected chi connectivity index (χ0v) is 15.7. The highest BCUT2D eigenvalue weighted by atomic mass is 32.1. The molecule has 0 aliphatic carbocycles. The summed E-state index contributed by atoms with van der Waals surface area (Å²) < 4.78 is 6.10. The summed E-state index contributed by atoms with van der Waals surface area (Å²) >= 11 is 1.66. The van der Waals surface area contributed by atoms with Crippen molar-refractivity contribution in [3.63, 3.8) is 0 Å². The molecule has 2 aromatic carbocycles. The summed E-state index contributed by atoms with van der Waals surface area (Å²) in [6.45, 7) is 4.21. The van der Waals surface area contributed by atoms with Gasteiger partial charge in [-0.25, -0.2) is 0 Å². The Kier molecular flexibility index (Phi) is 5.68. The lowest BCUT2D eigenvalue weighted by Gasteiger charge is -2.05. The Balaban J connectivity index is 1.69. The summed E-state index contributed by atoms with van der Waals surface area (Å²) in [5.74, 6) is -0.293. The summed E-state index contributed by atoms with van der Waals surface area (Å²) in [6.07, 6.45) is 1.06. The number of ether oxygens (including phenoxy) is 1. The lowest BCUT2D eigenvalue weighted by Crippen LogP contribution is -2.11. The van der Waals surface area contributed by atoms with Crippen LogP contribution >= 0.6 is 11.3 Å². The van der Waals surface area contributed by atoms with Gasteiger partial charge < -0.3 is 10.1 Å². The van der Waals surface area contributed by atoms with Gasteiger partial charge in [0.25, 0.3) is 5.91 Å². The number of rotatable bonds is 6. The van der Waals surface area contributed by atoms with Gasteiger partial charge in [-0.05, 0) is 62.1 Å². The molecule has 0 bridgehead atoms. The summed E-state index contributed by atoms with van der Waals surface area (Å²) in [5, 5.41) is 4.00. The minimum absolute atomic E-state index is 0.123. The lowest BCUT2D eigenvalue weighted by atomic mass is 10.1. The SMILES string of the molecule is CCOC(=O)CCc1cc2cc(NC(=O)c3ccc(C)cc3)ccc2s1. The monoisotopic (exact) mass is 367 g/mol. The number of carbonyl (C=O) groups excluding carboxylic acids is 2. The second kappa shape index (κ2) is 8.15. The van der Waals surface area contributed by atoms with Crippen molar-refractivity contribution < 1.29 is 14.3 Å². The quantitative estimate of drug-likeness (QED) is 0.627. The third-order valence-corrected chi connectivity index (χ3v) is 5.20. The zero-order chi connectivity index (χ0) is 18.5. The minimum Gasteiger partial charge on any atom is -0.466 e. The van der Waals surface area contributed by atoms with Crippen molar-refractivity contribution >= 4 is 39.0 Å². The number of fused-ring (bicyclic) bond motifs is 1. The van der Waals surface area contributed by atoms with Crippen LogP contribution in [0, 0.1) is 6.92 Å². The maximum atomic E-state index is 12.3. The fourth-order valence-electron chi connectivity index (χ4n) is 2.67. The normalized spacial score (nSPS) is 10.7. The van der Waals surface area contributed by atoms with Crippen molar-refractivity contribution in [2.24, 2.45) is 0 Å². The van der Waals surface area contributed by atoms with E-state index in [-0.39, 0.29) is 11.9 Å². The van der Waals surface area contributed by atoms with Crippen molar-refractivity contribution in [1.82, 2.24) is 0 Å². The Bertz CT molecular complexity index is 928. The molecule has 0 fully saturated rings. The Morgan fingerprint density at radius 1 is 1.08 bits per heavy atom. The molecule has 1 aromatic heterocycles. The van der Waals surface area contributed by atoms with Crippen LogP contribution in [0.2, 0.25) is 0 Å². The number of anilines is 1. The first-order valence-electron chi connectivity index (χ1n) is 8.61. The van der Waals surface area contributed by atoms with E-state index in [9.17, 15) is 9.59 Å². The number of aryl methyl sites for hydroxylation is 2. The molecule has 0 unspecified atom stereocenters. The van der Waals surface area contributed by atoms with E-state index in [1.165, 1.54) is 0 Å². The minimum atomic E-state index is -0.170. The molecule has 0 aliphatic rings. The van der Waals surface area contributed by atoms with Crippen LogP contribution in [0.15, 0.2) is 48.5 Å². The standard InChI is InChI=1S/C21H21NO3S/c1-3-25-20(23)11-9-18-13-16-12-17(8-10-19(16)26-18)22-21(24)15-6-4-14(2)5-7-15/h4-8,10,12-13H,3,9,11H2,1-2H3,(H,22,24). The molecule has 0 saturated heterocycles. The van der Waals surface area contributed by atoms with Gasteiger partial charge in [0.15, 0.2) is 0 Å².